The number of hydrogen-bond acceptors (Lipinski definition) is 3. The summed E-state index contributed by atoms with van der Waals surface area (Å²) in [6, 6.07) is 14.0. The Kier molecular flexibility index (Phi) is 4.37. The number of nitrogens with two attached hydrogens (primary N) is 1. The van der Waals surface area contributed by atoms with Crippen LogP contribution in [0.25, 0.3) is 22.4 Å². The van der Waals surface area contributed by atoms with Crippen molar-refractivity contribution >= 4 is 60.3 Å². The molecule has 1 aromatic heterocycles. The van der Waals surface area contributed by atoms with Crippen LogP contribution in [0.3, 0.4) is 0 Å². The standard InChI is InChI=1S/C15H9Br2IN2O/c16-9-3-1-2-8(6-9)13-14(20-21-15(13)19)11-7-10(18)4-5-12(11)17/h1-7H,19H2. The van der Waals surface area contributed by atoms with Crippen LogP contribution in [0.15, 0.2) is 55.9 Å². The van der Waals surface area contributed by atoms with Gasteiger partial charge < -0.3 is 10.3 Å². The Hall–Kier alpha value is -0.860. The first-order valence-electron chi connectivity index (χ1n) is 6.03. The zero-order chi connectivity index (χ0) is 15.0. The number of aromatic nitrogens is 1. The van der Waals surface area contributed by atoms with Gasteiger partial charge in [-0.25, -0.2) is 0 Å². The van der Waals surface area contributed by atoms with E-state index >= 15 is 0 Å². The molecule has 0 spiro atoms. The normalized spacial score (nSPS) is 10.8. The second kappa shape index (κ2) is 6.10. The average molecular weight is 520 g/mol. The third-order valence-corrected chi connectivity index (χ3v) is 4.87. The first-order valence-corrected chi connectivity index (χ1v) is 8.69. The molecule has 3 rings (SSSR count). The van der Waals surface area contributed by atoms with Crippen molar-refractivity contribution in [3.63, 3.8) is 0 Å². The minimum Gasteiger partial charge on any atom is -0.367 e. The van der Waals surface area contributed by atoms with Gasteiger partial charge >= 0.3 is 0 Å². The lowest BCUT2D eigenvalue weighted by Gasteiger charge is -2.06. The number of nitrogen functional groups attached to an aromatic ring is 1. The fourth-order valence-corrected chi connectivity index (χ4v) is 3.41. The van der Waals surface area contributed by atoms with E-state index in [-0.39, 0.29) is 0 Å². The van der Waals surface area contributed by atoms with Crippen molar-refractivity contribution in [2.24, 2.45) is 0 Å². The van der Waals surface area contributed by atoms with Gasteiger partial charge in [0.15, 0.2) is 0 Å². The summed E-state index contributed by atoms with van der Waals surface area (Å²) in [5, 5.41) is 4.15. The molecule has 6 heteroatoms. The van der Waals surface area contributed by atoms with Crippen molar-refractivity contribution in [2.75, 3.05) is 5.73 Å². The van der Waals surface area contributed by atoms with E-state index in [0.717, 1.165) is 34.9 Å². The Morgan fingerprint density at radius 3 is 2.67 bits per heavy atom. The number of anilines is 1. The van der Waals surface area contributed by atoms with E-state index in [0.29, 0.717) is 5.88 Å². The first-order chi connectivity index (χ1) is 10.1. The van der Waals surface area contributed by atoms with Gasteiger partial charge in [-0.2, -0.15) is 0 Å². The fraction of sp³-hybridized carbons (Fsp3) is 0. The molecule has 21 heavy (non-hydrogen) atoms. The fourth-order valence-electron chi connectivity index (χ4n) is 2.09. The van der Waals surface area contributed by atoms with Crippen molar-refractivity contribution in [3.05, 3.63) is 55.0 Å². The zero-order valence-corrected chi connectivity index (χ0v) is 15.9. The zero-order valence-electron chi connectivity index (χ0n) is 10.6. The molecule has 0 fully saturated rings. The second-order valence-corrected chi connectivity index (χ2v) is 7.42. The highest BCUT2D eigenvalue weighted by molar-refractivity contribution is 14.1. The number of halogens is 3. The quantitative estimate of drug-likeness (QED) is 0.441. The smallest absolute Gasteiger partial charge is 0.230 e. The number of nitrogens with zero attached hydrogens (tertiary/aromatic N) is 1. The summed E-state index contributed by atoms with van der Waals surface area (Å²) >= 11 is 9.31. The summed E-state index contributed by atoms with van der Waals surface area (Å²) in [6.07, 6.45) is 0. The monoisotopic (exact) mass is 518 g/mol. The molecule has 0 bridgehead atoms. The van der Waals surface area contributed by atoms with Crippen molar-refractivity contribution in [1.82, 2.24) is 5.16 Å². The molecule has 0 atom stereocenters. The second-order valence-electron chi connectivity index (χ2n) is 4.40. The van der Waals surface area contributed by atoms with Gasteiger partial charge in [0, 0.05) is 18.1 Å². The van der Waals surface area contributed by atoms with Crippen molar-refractivity contribution in [3.8, 4) is 22.4 Å². The van der Waals surface area contributed by atoms with Crippen LogP contribution in [0.5, 0.6) is 0 Å². The van der Waals surface area contributed by atoms with Crippen LogP contribution in [0, 0.1) is 3.57 Å². The minimum atomic E-state index is 0.314. The van der Waals surface area contributed by atoms with Crippen molar-refractivity contribution < 1.29 is 4.52 Å². The molecule has 0 radical (unpaired) electrons. The van der Waals surface area contributed by atoms with Crippen LogP contribution in [0.4, 0.5) is 5.88 Å². The van der Waals surface area contributed by atoms with E-state index in [9.17, 15) is 0 Å². The topological polar surface area (TPSA) is 52.0 Å². The third kappa shape index (κ3) is 3.02. The number of rotatable bonds is 2. The lowest BCUT2D eigenvalue weighted by Crippen LogP contribution is -1.89. The maximum atomic E-state index is 5.99. The Balaban J connectivity index is 2.24. The highest BCUT2D eigenvalue weighted by Gasteiger charge is 2.19. The van der Waals surface area contributed by atoms with Crippen molar-refractivity contribution in [2.45, 2.75) is 0 Å². The van der Waals surface area contributed by atoms with Crippen molar-refractivity contribution in [1.29, 1.82) is 0 Å². The van der Waals surface area contributed by atoms with Gasteiger partial charge in [0.2, 0.25) is 5.88 Å². The van der Waals surface area contributed by atoms with Crippen LogP contribution < -0.4 is 5.73 Å². The Morgan fingerprint density at radius 1 is 1.10 bits per heavy atom. The molecular formula is C15H9Br2IN2O. The summed E-state index contributed by atoms with van der Waals surface area (Å²) in [6.45, 7) is 0. The predicted molar refractivity (Wildman–Crippen MR) is 99.9 cm³/mol. The molecular weight excluding hydrogens is 511 g/mol. The van der Waals surface area contributed by atoms with Gasteiger partial charge in [-0.1, -0.05) is 49.1 Å². The first kappa shape index (κ1) is 15.1. The van der Waals surface area contributed by atoms with E-state index in [1.165, 1.54) is 0 Å². The van der Waals surface area contributed by atoms with Crippen LogP contribution in [0.2, 0.25) is 0 Å². The van der Waals surface area contributed by atoms with Gasteiger partial charge in [0.1, 0.15) is 5.69 Å². The van der Waals surface area contributed by atoms with E-state index < -0.39 is 0 Å². The molecule has 2 aromatic carbocycles. The molecule has 0 aliphatic carbocycles. The molecule has 0 amide bonds. The summed E-state index contributed by atoms with van der Waals surface area (Å²) in [4.78, 5) is 0. The molecule has 0 saturated heterocycles. The minimum absolute atomic E-state index is 0.314. The van der Waals surface area contributed by atoms with Crippen LogP contribution in [0.1, 0.15) is 0 Å². The lowest BCUT2D eigenvalue weighted by molar-refractivity contribution is 0.439. The van der Waals surface area contributed by atoms with E-state index in [1.54, 1.807) is 0 Å². The average Bonchev–Trinajstić information content (AvgIpc) is 2.83. The summed E-state index contributed by atoms with van der Waals surface area (Å²) in [5.41, 5.74) is 9.44. The summed E-state index contributed by atoms with van der Waals surface area (Å²) < 4.78 is 8.28. The van der Waals surface area contributed by atoms with E-state index in [2.05, 4.69) is 59.6 Å². The number of benzene rings is 2. The van der Waals surface area contributed by atoms with E-state index in [1.807, 2.05) is 42.5 Å². The maximum Gasteiger partial charge on any atom is 0.230 e. The van der Waals surface area contributed by atoms with Gasteiger partial charge in [-0.3, -0.25) is 0 Å². The molecule has 2 N–H and O–H groups in total. The molecule has 3 nitrogen and oxygen atoms in total. The molecule has 3 aromatic rings. The summed E-state index contributed by atoms with van der Waals surface area (Å²) in [5.74, 6) is 0.314. The van der Waals surface area contributed by atoms with E-state index in [4.69, 9.17) is 10.3 Å². The third-order valence-electron chi connectivity index (χ3n) is 3.02. The molecule has 0 aliphatic heterocycles. The molecule has 0 unspecified atom stereocenters. The molecule has 1 heterocycles. The van der Waals surface area contributed by atoms with Gasteiger partial charge in [0.25, 0.3) is 0 Å². The van der Waals surface area contributed by atoms with Crippen LogP contribution in [-0.2, 0) is 0 Å². The highest BCUT2D eigenvalue weighted by atomic mass is 127. The molecule has 0 aliphatic rings. The maximum absolute atomic E-state index is 5.99. The number of hydrogen-bond donors (Lipinski definition) is 1. The lowest BCUT2D eigenvalue weighted by atomic mass is 10.0. The molecule has 106 valence electrons. The van der Waals surface area contributed by atoms with Crippen LogP contribution in [-0.4, -0.2) is 5.16 Å². The van der Waals surface area contributed by atoms with Crippen LogP contribution >= 0.6 is 54.5 Å². The Labute approximate surface area is 152 Å². The van der Waals surface area contributed by atoms with Gasteiger partial charge in [-0.05, 0) is 58.5 Å². The Bertz CT molecular complexity index is 817. The largest absolute Gasteiger partial charge is 0.367 e. The molecule has 0 saturated carbocycles. The van der Waals surface area contributed by atoms with Gasteiger partial charge in [-0.15, -0.1) is 0 Å². The Morgan fingerprint density at radius 2 is 1.90 bits per heavy atom. The SMILES string of the molecule is Nc1onc(-c2cc(I)ccc2Br)c1-c1cccc(Br)c1. The van der Waals surface area contributed by atoms with Gasteiger partial charge in [0.05, 0.1) is 5.56 Å². The predicted octanol–water partition coefficient (Wildman–Crippen LogP) is 5.72. The highest BCUT2D eigenvalue weighted by Crippen LogP contribution is 2.40. The summed E-state index contributed by atoms with van der Waals surface area (Å²) in [7, 11) is 0.